The van der Waals surface area contributed by atoms with Crippen molar-refractivity contribution in [3.63, 3.8) is 0 Å². The Labute approximate surface area is 105 Å². The molecule has 0 unspecified atom stereocenters. The molecule has 0 spiro atoms. The lowest BCUT2D eigenvalue weighted by molar-refractivity contribution is -0.138. The maximum absolute atomic E-state index is 12.6. The molecule has 16 heavy (non-hydrogen) atoms. The topological polar surface area (TPSA) is 18.5 Å². The average Bonchev–Trinajstić information content (AvgIpc) is 2.17. The van der Waals surface area contributed by atoms with E-state index in [9.17, 15) is 13.2 Å². The van der Waals surface area contributed by atoms with Gasteiger partial charge in [0.15, 0.2) is 6.79 Å². The molecule has 0 saturated heterocycles. The maximum atomic E-state index is 12.6. The van der Waals surface area contributed by atoms with E-state index in [1.807, 2.05) is 0 Å². The molecular formula is C10H10F3IO2. The van der Waals surface area contributed by atoms with Crippen LogP contribution in [0.15, 0.2) is 12.1 Å². The SMILES string of the molecule is COCOc1cc(C)cc(C(F)(F)F)c1I. The highest BCUT2D eigenvalue weighted by Crippen LogP contribution is 2.37. The van der Waals surface area contributed by atoms with Crippen molar-refractivity contribution in [3.8, 4) is 5.75 Å². The van der Waals surface area contributed by atoms with Crippen molar-refractivity contribution in [3.05, 3.63) is 26.8 Å². The zero-order chi connectivity index (χ0) is 12.3. The van der Waals surface area contributed by atoms with Gasteiger partial charge in [-0.25, -0.2) is 0 Å². The number of ether oxygens (including phenoxy) is 2. The summed E-state index contributed by atoms with van der Waals surface area (Å²) in [5.74, 6) is 0.190. The largest absolute Gasteiger partial charge is 0.466 e. The lowest BCUT2D eigenvalue weighted by Gasteiger charge is -2.14. The predicted octanol–water partition coefficient (Wildman–Crippen LogP) is 3.60. The molecule has 6 heteroatoms. The molecule has 1 aromatic carbocycles. The van der Waals surface area contributed by atoms with Crippen molar-refractivity contribution in [1.82, 2.24) is 0 Å². The molecule has 0 aromatic heterocycles. The minimum Gasteiger partial charge on any atom is -0.466 e. The van der Waals surface area contributed by atoms with Gasteiger partial charge in [0.25, 0.3) is 0 Å². The molecule has 0 radical (unpaired) electrons. The Kier molecular flexibility index (Phi) is 4.43. The highest BCUT2D eigenvalue weighted by atomic mass is 127. The number of alkyl halides is 3. The second-order valence-corrected chi connectivity index (χ2v) is 4.25. The van der Waals surface area contributed by atoms with Crippen LogP contribution >= 0.6 is 22.6 Å². The van der Waals surface area contributed by atoms with Crippen LogP contribution in [-0.2, 0) is 10.9 Å². The first-order chi connectivity index (χ1) is 7.36. The van der Waals surface area contributed by atoms with Gasteiger partial charge >= 0.3 is 6.18 Å². The summed E-state index contributed by atoms with van der Waals surface area (Å²) in [6.07, 6.45) is -4.37. The molecule has 0 fully saturated rings. The Bertz CT molecular complexity index is 377. The van der Waals surface area contributed by atoms with Crippen LogP contribution in [0.4, 0.5) is 13.2 Å². The van der Waals surface area contributed by atoms with E-state index in [0.29, 0.717) is 5.56 Å². The first kappa shape index (κ1) is 13.6. The summed E-state index contributed by atoms with van der Waals surface area (Å²) >= 11 is 1.62. The van der Waals surface area contributed by atoms with E-state index in [2.05, 4.69) is 4.74 Å². The Balaban J connectivity index is 3.16. The Morgan fingerprint density at radius 2 is 1.94 bits per heavy atom. The molecule has 2 nitrogen and oxygen atoms in total. The predicted molar refractivity (Wildman–Crippen MR) is 61.4 cm³/mol. The average molecular weight is 346 g/mol. The van der Waals surface area contributed by atoms with Crippen LogP contribution in [0, 0.1) is 10.5 Å². The molecule has 0 aliphatic carbocycles. The molecule has 90 valence electrons. The van der Waals surface area contributed by atoms with Crippen LogP contribution in [0.5, 0.6) is 5.75 Å². The standard InChI is InChI=1S/C10H10F3IO2/c1-6-3-7(10(11,12)13)9(14)8(4-6)16-5-15-2/h3-4H,5H2,1-2H3. The second-order valence-electron chi connectivity index (χ2n) is 3.17. The van der Waals surface area contributed by atoms with Gasteiger partial charge in [0.1, 0.15) is 5.75 Å². The summed E-state index contributed by atoms with van der Waals surface area (Å²) in [6, 6.07) is 2.65. The number of hydrogen-bond donors (Lipinski definition) is 0. The summed E-state index contributed by atoms with van der Waals surface area (Å²) in [5, 5.41) is 0. The van der Waals surface area contributed by atoms with Crippen LogP contribution < -0.4 is 4.74 Å². The Hall–Kier alpha value is -0.500. The van der Waals surface area contributed by atoms with Gasteiger partial charge in [-0.15, -0.1) is 0 Å². The fourth-order valence-electron chi connectivity index (χ4n) is 1.17. The summed E-state index contributed by atoms with van der Waals surface area (Å²) in [4.78, 5) is 0. The molecule has 0 aliphatic heterocycles. The molecule has 0 amide bonds. The van der Waals surface area contributed by atoms with Crippen molar-refractivity contribution < 1.29 is 22.6 Å². The van der Waals surface area contributed by atoms with Crippen LogP contribution in [0.25, 0.3) is 0 Å². The van der Waals surface area contributed by atoms with E-state index in [1.54, 1.807) is 35.6 Å². The fraction of sp³-hybridized carbons (Fsp3) is 0.400. The lowest BCUT2D eigenvalue weighted by atomic mass is 10.1. The monoisotopic (exact) mass is 346 g/mol. The van der Waals surface area contributed by atoms with Gasteiger partial charge in [-0.05, 0) is 47.2 Å². The lowest BCUT2D eigenvalue weighted by Crippen LogP contribution is -2.10. The zero-order valence-electron chi connectivity index (χ0n) is 8.69. The van der Waals surface area contributed by atoms with E-state index in [1.165, 1.54) is 7.11 Å². The third-order valence-corrected chi connectivity index (χ3v) is 2.93. The van der Waals surface area contributed by atoms with Gasteiger partial charge in [-0.2, -0.15) is 13.2 Å². The van der Waals surface area contributed by atoms with Gasteiger partial charge in [-0.3, -0.25) is 0 Å². The quantitative estimate of drug-likeness (QED) is 0.615. The minimum atomic E-state index is -4.37. The normalized spacial score (nSPS) is 11.6. The summed E-state index contributed by atoms with van der Waals surface area (Å²) in [7, 11) is 1.41. The molecule has 0 heterocycles. The van der Waals surface area contributed by atoms with Crippen LogP contribution in [0.2, 0.25) is 0 Å². The zero-order valence-corrected chi connectivity index (χ0v) is 10.8. The van der Waals surface area contributed by atoms with Gasteiger partial charge in [0.05, 0.1) is 9.13 Å². The van der Waals surface area contributed by atoms with Crippen LogP contribution in [0.3, 0.4) is 0 Å². The first-order valence-electron chi connectivity index (χ1n) is 4.35. The second kappa shape index (κ2) is 5.22. The summed E-state index contributed by atoms with van der Waals surface area (Å²) in [5.41, 5.74) is -0.182. The Morgan fingerprint density at radius 3 is 2.44 bits per heavy atom. The molecule has 0 N–H and O–H groups in total. The van der Waals surface area contributed by atoms with Crippen molar-refractivity contribution in [2.75, 3.05) is 13.9 Å². The maximum Gasteiger partial charge on any atom is 0.417 e. The number of aryl methyl sites for hydroxylation is 1. The number of methoxy groups -OCH3 is 1. The first-order valence-corrected chi connectivity index (χ1v) is 5.43. The number of benzene rings is 1. The van der Waals surface area contributed by atoms with Gasteiger partial charge in [0.2, 0.25) is 0 Å². The number of rotatable bonds is 3. The molecule has 0 aliphatic rings. The van der Waals surface area contributed by atoms with Crippen molar-refractivity contribution in [2.24, 2.45) is 0 Å². The number of halogens is 4. The van der Waals surface area contributed by atoms with Gasteiger partial charge in [0, 0.05) is 7.11 Å². The smallest absolute Gasteiger partial charge is 0.417 e. The van der Waals surface area contributed by atoms with E-state index in [4.69, 9.17) is 4.74 Å². The van der Waals surface area contributed by atoms with E-state index < -0.39 is 11.7 Å². The molecule has 0 saturated carbocycles. The molecule has 1 aromatic rings. The van der Waals surface area contributed by atoms with Gasteiger partial charge in [-0.1, -0.05) is 0 Å². The van der Waals surface area contributed by atoms with E-state index >= 15 is 0 Å². The van der Waals surface area contributed by atoms with Crippen LogP contribution in [0.1, 0.15) is 11.1 Å². The molecule has 0 atom stereocenters. The number of hydrogen-bond acceptors (Lipinski definition) is 2. The van der Waals surface area contributed by atoms with Gasteiger partial charge < -0.3 is 9.47 Å². The molecular weight excluding hydrogens is 336 g/mol. The summed E-state index contributed by atoms with van der Waals surface area (Å²) in [6.45, 7) is 1.52. The Morgan fingerprint density at radius 1 is 1.31 bits per heavy atom. The van der Waals surface area contributed by atoms with E-state index in [-0.39, 0.29) is 16.1 Å². The minimum absolute atomic E-state index is 0.0488. The van der Waals surface area contributed by atoms with E-state index in [0.717, 1.165) is 6.07 Å². The summed E-state index contributed by atoms with van der Waals surface area (Å²) < 4.78 is 47.7. The highest BCUT2D eigenvalue weighted by molar-refractivity contribution is 14.1. The molecule has 0 bridgehead atoms. The third-order valence-electron chi connectivity index (χ3n) is 1.82. The van der Waals surface area contributed by atoms with Crippen molar-refractivity contribution >= 4 is 22.6 Å². The fourth-order valence-corrected chi connectivity index (χ4v) is 1.94. The molecule has 1 rings (SSSR count). The highest BCUT2D eigenvalue weighted by Gasteiger charge is 2.34. The van der Waals surface area contributed by atoms with Crippen molar-refractivity contribution in [2.45, 2.75) is 13.1 Å². The third kappa shape index (κ3) is 3.24. The van der Waals surface area contributed by atoms with Crippen molar-refractivity contribution in [1.29, 1.82) is 0 Å². The van der Waals surface area contributed by atoms with Crippen LogP contribution in [-0.4, -0.2) is 13.9 Å².